The number of fused-ring (bicyclic) bond motifs is 8. The van der Waals surface area contributed by atoms with E-state index in [1.165, 1.54) is 53.4 Å². The highest BCUT2D eigenvalue weighted by atomic mass is 32.1. The molecule has 2 aromatic heterocycles. The van der Waals surface area contributed by atoms with E-state index < -0.39 is 0 Å². The molecule has 3 heteroatoms. The van der Waals surface area contributed by atoms with Crippen molar-refractivity contribution in [2.24, 2.45) is 0 Å². The smallest absolute Gasteiger partial charge is 0.143 e. The van der Waals surface area contributed by atoms with Crippen LogP contribution in [0.5, 0.6) is 0 Å². The average Bonchev–Trinajstić information content (AvgIpc) is 3.83. The van der Waals surface area contributed by atoms with Gasteiger partial charge < -0.3 is 9.32 Å². The lowest BCUT2D eigenvalue weighted by Crippen LogP contribution is -2.09. The van der Waals surface area contributed by atoms with Crippen LogP contribution in [0.3, 0.4) is 0 Å². The van der Waals surface area contributed by atoms with Crippen molar-refractivity contribution < 1.29 is 4.42 Å². The fourth-order valence-corrected chi connectivity index (χ4v) is 9.26. The van der Waals surface area contributed by atoms with E-state index in [-0.39, 0.29) is 0 Å². The fourth-order valence-electron chi connectivity index (χ4n) is 8.17. The standard InChI is InChI=1S/C52H33NOS/c1-2-9-34(10-3-1)35-17-19-36(20-18-35)37-21-26-40(27-22-37)53(42-30-32-50-47(33-42)45-13-6-7-16-49(45)55-50)41-28-23-39(24-29-41)43-14-8-15-48-51(43)46-31-25-38-11-4-5-12-44(38)52(46)54-48/h1-33H. The van der Waals surface area contributed by atoms with Crippen molar-refractivity contribution in [2.75, 3.05) is 4.90 Å². The molecular formula is C52H33NOS. The maximum absolute atomic E-state index is 6.52. The predicted molar refractivity (Wildman–Crippen MR) is 235 cm³/mol. The summed E-state index contributed by atoms with van der Waals surface area (Å²) in [5.41, 5.74) is 12.3. The summed E-state index contributed by atoms with van der Waals surface area (Å²) in [5.74, 6) is 0. The number of furan rings is 1. The first kappa shape index (κ1) is 31.6. The highest BCUT2D eigenvalue weighted by molar-refractivity contribution is 7.25. The van der Waals surface area contributed by atoms with Crippen molar-refractivity contribution in [3.05, 3.63) is 200 Å². The van der Waals surface area contributed by atoms with Crippen LogP contribution in [0.2, 0.25) is 0 Å². The van der Waals surface area contributed by atoms with Gasteiger partial charge in [0.2, 0.25) is 0 Å². The van der Waals surface area contributed by atoms with Crippen LogP contribution in [-0.4, -0.2) is 0 Å². The van der Waals surface area contributed by atoms with Gasteiger partial charge in [-0.05, 0) is 99.4 Å². The highest BCUT2D eigenvalue weighted by Gasteiger charge is 2.18. The molecule has 2 nitrogen and oxygen atoms in total. The number of benzene rings is 9. The Morgan fingerprint density at radius 3 is 1.69 bits per heavy atom. The molecule has 2 heterocycles. The number of anilines is 3. The molecule has 11 aromatic rings. The van der Waals surface area contributed by atoms with Gasteiger partial charge in [0.25, 0.3) is 0 Å². The van der Waals surface area contributed by atoms with Crippen molar-refractivity contribution in [3.63, 3.8) is 0 Å². The molecule has 0 bridgehead atoms. The molecule has 0 amide bonds. The number of thiophene rings is 1. The van der Waals surface area contributed by atoms with E-state index in [9.17, 15) is 0 Å². The van der Waals surface area contributed by atoms with Gasteiger partial charge in [0.1, 0.15) is 11.2 Å². The molecule has 0 spiro atoms. The van der Waals surface area contributed by atoms with Gasteiger partial charge in [0.05, 0.1) is 0 Å². The minimum Gasteiger partial charge on any atom is -0.455 e. The van der Waals surface area contributed by atoms with E-state index in [2.05, 4.69) is 205 Å². The Balaban J connectivity index is 1.00. The summed E-state index contributed by atoms with van der Waals surface area (Å²) in [6.45, 7) is 0. The Morgan fingerprint density at radius 1 is 0.364 bits per heavy atom. The average molecular weight is 720 g/mol. The molecule has 0 saturated carbocycles. The van der Waals surface area contributed by atoms with Crippen LogP contribution in [-0.2, 0) is 0 Å². The summed E-state index contributed by atoms with van der Waals surface area (Å²) >= 11 is 1.85. The molecule has 11 rings (SSSR count). The van der Waals surface area contributed by atoms with Gasteiger partial charge in [-0.25, -0.2) is 0 Å². The van der Waals surface area contributed by atoms with Crippen LogP contribution < -0.4 is 4.90 Å². The highest BCUT2D eigenvalue weighted by Crippen LogP contribution is 2.43. The second-order valence-corrected chi connectivity index (χ2v) is 15.2. The molecule has 0 unspecified atom stereocenters. The van der Waals surface area contributed by atoms with Crippen LogP contribution in [0.25, 0.3) is 86.3 Å². The Labute approximate surface area is 322 Å². The Kier molecular flexibility index (Phi) is 7.39. The summed E-state index contributed by atoms with van der Waals surface area (Å²) in [7, 11) is 0. The number of nitrogens with zero attached hydrogens (tertiary/aromatic N) is 1. The maximum atomic E-state index is 6.52. The van der Waals surface area contributed by atoms with Gasteiger partial charge in [0, 0.05) is 53.4 Å². The van der Waals surface area contributed by atoms with Crippen molar-refractivity contribution >= 4 is 81.3 Å². The van der Waals surface area contributed by atoms with E-state index in [0.717, 1.165) is 50.0 Å². The van der Waals surface area contributed by atoms with Crippen LogP contribution in [0.4, 0.5) is 17.1 Å². The second kappa shape index (κ2) is 12.9. The molecule has 9 aromatic carbocycles. The largest absolute Gasteiger partial charge is 0.455 e. The van der Waals surface area contributed by atoms with E-state index >= 15 is 0 Å². The Bertz CT molecular complexity index is 3170. The van der Waals surface area contributed by atoms with E-state index in [1.807, 2.05) is 11.3 Å². The summed E-state index contributed by atoms with van der Waals surface area (Å²) in [4.78, 5) is 2.37. The molecule has 0 aliphatic carbocycles. The molecule has 0 aliphatic rings. The third-order valence-corrected chi connectivity index (χ3v) is 12.0. The van der Waals surface area contributed by atoms with E-state index in [1.54, 1.807) is 0 Å². The lowest BCUT2D eigenvalue weighted by Gasteiger charge is -2.26. The van der Waals surface area contributed by atoms with Crippen molar-refractivity contribution in [2.45, 2.75) is 0 Å². The maximum Gasteiger partial charge on any atom is 0.143 e. The normalized spacial score (nSPS) is 11.6. The van der Waals surface area contributed by atoms with Gasteiger partial charge >= 0.3 is 0 Å². The molecule has 0 aliphatic heterocycles. The predicted octanol–water partition coefficient (Wildman–Crippen LogP) is 15.6. The first-order valence-corrected chi connectivity index (χ1v) is 19.5. The van der Waals surface area contributed by atoms with Gasteiger partial charge in [0.15, 0.2) is 0 Å². The van der Waals surface area contributed by atoms with Gasteiger partial charge in [-0.1, -0.05) is 140 Å². The summed E-state index contributed by atoms with van der Waals surface area (Å²) in [6, 6.07) is 72.2. The summed E-state index contributed by atoms with van der Waals surface area (Å²) in [6.07, 6.45) is 0. The first-order chi connectivity index (χ1) is 27.2. The summed E-state index contributed by atoms with van der Waals surface area (Å²) in [5, 5.41) is 7.18. The van der Waals surface area contributed by atoms with Crippen molar-refractivity contribution in [3.8, 4) is 33.4 Å². The molecular weight excluding hydrogens is 687 g/mol. The van der Waals surface area contributed by atoms with Crippen LogP contribution >= 0.6 is 11.3 Å². The van der Waals surface area contributed by atoms with Gasteiger partial charge in [-0.15, -0.1) is 11.3 Å². The van der Waals surface area contributed by atoms with Crippen LogP contribution in [0, 0.1) is 0 Å². The number of hydrogen-bond acceptors (Lipinski definition) is 3. The zero-order chi connectivity index (χ0) is 36.3. The number of hydrogen-bond donors (Lipinski definition) is 0. The minimum atomic E-state index is 0.903. The first-order valence-electron chi connectivity index (χ1n) is 18.7. The van der Waals surface area contributed by atoms with Gasteiger partial charge in [-0.2, -0.15) is 0 Å². The zero-order valence-electron chi connectivity index (χ0n) is 29.8. The van der Waals surface area contributed by atoms with E-state index in [0.29, 0.717) is 0 Å². The fraction of sp³-hybridized carbons (Fsp3) is 0. The number of rotatable bonds is 6. The molecule has 55 heavy (non-hydrogen) atoms. The second-order valence-electron chi connectivity index (χ2n) is 14.1. The quantitative estimate of drug-likeness (QED) is 0.170. The van der Waals surface area contributed by atoms with Crippen LogP contribution in [0.1, 0.15) is 0 Å². The monoisotopic (exact) mass is 719 g/mol. The molecule has 0 N–H and O–H groups in total. The zero-order valence-corrected chi connectivity index (χ0v) is 30.6. The molecule has 0 radical (unpaired) electrons. The molecule has 0 fully saturated rings. The SMILES string of the molecule is c1ccc(-c2ccc(-c3ccc(N(c4ccc(-c5cccc6oc7c8ccccc8ccc7c56)cc4)c4ccc5sc6ccccc6c5c4)cc3)cc2)cc1. The van der Waals surface area contributed by atoms with E-state index in [4.69, 9.17) is 4.42 Å². The van der Waals surface area contributed by atoms with Crippen molar-refractivity contribution in [1.82, 2.24) is 0 Å². The molecule has 0 atom stereocenters. The lowest BCUT2D eigenvalue weighted by molar-refractivity contribution is 0.673. The Morgan fingerprint density at radius 2 is 0.945 bits per heavy atom. The topological polar surface area (TPSA) is 16.4 Å². The Hall–Kier alpha value is -6.94. The molecule has 258 valence electrons. The summed E-state index contributed by atoms with van der Waals surface area (Å²) < 4.78 is 9.13. The minimum absolute atomic E-state index is 0.903. The lowest BCUT2D eigenvalue weighted by atomic mass is 9.98. The van der Waals surface area contributed by atoms with Gasteiger partial charge in [-0.3, -0.25) is 0 Å². The third-order valence-electron chi connectivity index (χ3n) is 10.9. The van der Waals surface area contributed by atoms with Crippen molar-refractivity contribution in [1.29, 1.82) is 0 Å². The molecule has 0 saturated heterocycles. The van der Waals surface area contributed by atoms with Crippen LogP contribution in [0.15, 0.2) is 205 Å². The third kappa shape index (κ3) is 5.40.